The number of hydrogen-bond acceptors (Lipinski definition) is 6. The fourth-order valence-corrected chi connectivity index (χ4v) is 4.83. The van der Waals surface area contributed by atoms with Crippen molar-refractivity contribution in [3.63, 3.8) is 0 Å². The van der Waals surface area contributed by atoms with Gasteiger partial charge in [-0.25, -0.2) is 0 Å². The summed E-state index contributed by atoms with van der Waals surface area (Å²) in [5.74, 6) is -2.46. The number of benzene rings is 1. The quantitative estimate of drug-likeness (QED) is 0.283. The third-order valence-corrected chi connectivity index (χ3v) is 7.81. The molecule has 1 aliphatic rings. The van der Waals surface area contributed by atoms with Gasteiger partial charge in [0.05, 0.1) is 12.1 Å². The molecule has 8 nitrogen and oxygen atoms in total. The van der Waals surface area contributed by atoms with E-state index in [1.165, 1.54) is 0 Å². The lowest BCUT2D eigenvalue weighted by atomic mass is 9.90. The van der Waals surface area contributed by atoms with Crippen LogP contribution in [0, 0.1) is 17.8 Å². The Labute approximate surface area is 234 Å². The van der Waals surface area contributed by atoms with Crippen LogP contribution in [0.4, 0.5) is 0 Å². The van der Waals surface area contributed by atoms with E-state index >= 15 is 0 Å². The number of carbonyl (C=O) groups excluding carboxylic acids is 4. The van der Waals surface area contributed by atoms with Gasteiger partial charge in [-0.15, -0.1) is 0 Å². The Balaban J connectivity index is 2.41. The van der Waals surface area contributed by atoms with Crippen LogP contribution in [0.1, 0.15) is 92.1 Å². The van der Waals surface area contributed by atoms with Gasteiger partial charge < -0.3 is 10.6 Å². The highest BCUT2D eigenvalue weighted by atomic mass is 16.7. The van der Waals surface area contributed by atoms with E-state index in [9.17, 15) is 19.2 Å². The Morgan fingerprint density at radius 1 is 0.846 bits per heavy atom. The fourth-order valence-electron chi connectivity index (χ4n) is 4.83. The van der Waals surface area contributed by atoms with E-state index < -0.39 is 41.7 Å². The van der Waals surface area contributed by atoms with Gasteiger partial charge in [0.1, 0.15) is 12.1 Å². The molecule has 1 saturated heterocycles. The van der Waals surface area contributed by atoms with Gasteiger partial charge in [-0.05, 0) is 29.7 Å². The summed E-state index contributed by atoms with van der Waals surface area (Å²) in [6.45, 7) is 11.7. The summed E-state index contributed by atoms with van der Waals surface area (Å²) in [6.07, 6.45) is 5.47. The van der Waals surface area contributed by atoms with E-state index in [4.69, 9.17) is 4.84 Å². The summed E-state index contributed by atoms with van der Waals surface area (Å²) in [6, 6.07) is 6.75. The van der Waals surface area contributed by atoms with Crippen LogP contribution in [0.3, 0.4) is 0 Å². The summed E-state index contributed by atoms with van der Waals surface area (Å²) in [5, 5.41) is 5.70. The van der Waals surface area contributed by atoms with Crippen LogP contribution in [0.2, 0.25) is 0 Å². The number of rotatable bonds is 11. The number of carbonyl (C=O) groups is 4. The topological polar surface area (TPSA) is 114 Å². The highest BCUT2D eigenvalue weighted by molar-refractivity contribution is 6.39. The van der Waals surface area contributed by atoms with Gasteiger partial charge in [-0.3, -0.25) is 24.0 Å². The lowest BCUT2D eigenvalue weighted by Crippen LogP contribution is -2.57. The van der Waals surface area contributed by atoms with Crippen LogP contribution in [0.15, 0.2) is 30.3 Å². The van der Waals surface area contributed by atoms with Gasteiger partial charge in [0.2, 0.25) is 23.4 Å². The minimum absolute atomic E-state index is 0.00482. The smallest absolute Gasteiger partial charge is 0.243 e. The molecule has 1 aromatic rings. The minimum Gasteiger partial charge on any atom is -0.344 e. The van der Waals surface area contributed by atoms with Gasteiger partial charge in [-0.1, -0.05) is 104 Å². The molecular formula is C31H49N3O5. The number of amides is 2. The second-order valence-electron chi connectivity index (χ2n) is 11.4. The summed E-state index contributed by atoms with van der Waals surface area (Å²) in [4.78, 5) is 59.7. The predicted octanol–water partition coefficient (Wildman–Crippen LogP) is 4.31. The van der Waals surface area contributed by atoms with Crippen LogP contribution in [-0.4, -0.2) is 47.6 Å². The van der Waals surface area contributed by atoms with Crippen molar-refractivity contribution in [2.75, 3.05) is 0 Å². The van der Waals surface area contributed by atoms with Gasteiger partial charge >= 0.3 is 0 Å². The van der Waals surface area contributed by atoms with Gasteiger partial charge in [0.25, 0.3) is 0 Å². The van der Waals surface area contributed by atoms with Crippen molar-refractivity contribution in [1.29, 1.82) is 0 Å². The van der Waals surface area contributed by atoms with Crippen molar-refractivity contribution in [2.24, 2.45) is 17.8 Å². The number of unbranched alkanes of at least 4 members (excludes halogenated alkanes) is 3. The second kappa shape index (κ2) is 16.5. The molecule has 218 valence electrons. The second-order valence-corrected chi connectivity index (χ2v) is 11.4. The zero-order chi connectivity index (χ0) is 28.9. The molecule has 6 unspecified atom stereocenters. The van der Waals surface area contributed by atoms with E-state index in [2.05, 4.69) is 23.0 Å². The Morgan fingerprint density at radius 3 is 2.15 bits per heavy atom. The van der Waals surface area contributed by atoms with Gasteiger partial charge in [-0.2, -0.15) is 5.48 Å². The molecule has 3 N–H and O–H groups in total. The molecule has 1 fully saturated rings. The van der Waals surface area contributed by atoms with E-state index in [-0.39, 0.29) is 36.5 Å². The summed E-state index contributed by atoms with van der Waals surface area (Å²) in [7, 11) is 0. The maximum absolute atomic E-state index is 13.6. The van der Waals surface area contributed by atoms with Crippen LogP contribution in [0.25, 0.3) is 0 Å². The summed E-state index contributed by atoms with van der Waals surface area (Å²) < 4.78 is 0. The molecule has 6 atom stereocenters. The van der Waals surface area contributed by atoms with Crippen molar-refractivity contribution in [2.45, 2.75) is 117 Å². The fraction of sp³-hybridized carbons (Fsp3) is 0.677. The largest absolute Gasteiger partial charge is 0.344 e. The molecule has 8 heteroatoms. The van der Waals surface area contributed by atoms with Crippen LogP contribution >= 0.6 is 0 Å². The molecule has 0 aromatic heterocycles. The number of nitrogens with one attached hydrogen (secondary N) is 3. The van der Waals surface area contributed by atoms with E-state index in [0.29, 0.717) is 6.42 Å². The van der Waals surface area contributed by atoms with Crippen molar-refractivity contribution >= 4 is 23.4 Å². The first kappa shape index (κ1) is 32.6. The standard InChI is InChI=1S/C31H49N3O5/c1-7-9-10-12-15-22(6)26-19-25(35)29(36)27(20(3)4)33-30(37)24(18-23-16-13-11-14-17-23)32-31(38)28(34-39-26)21(5)8-2/h11,13-14,16-17,20-22,24,26-28,34H,7-10,12,15,18-19H2,1-6H3,(H,32,38)(H,33,37). The molecule has 1 aromatic carbocycles. The third kappa shape index (κ3) is 10.2. The molecule has 2 amide bonds. The zero-order valence-corrected chi connectivity index (χ0v) is 24.6. The van der Waals surface area contributed by atoms with Crippen molar-refractivity contribution in [3.8, 4) is 0 Å². The number of ketones is 2. The van der Waals surface area contributed by atoms with Gasteiger partial charge in [0, 0.05) is 12.8 Å². The Bertz CT molecular complexity index is 935. The maximum atomic E-state index is 13.6. The monoisotopic (exact) mass is 543 g/mol. The molecule has 0 bridgehead atoms. The number of hydroxylamine groups is 1. The average molecular weight is 544 g/mol. The van der Waals surface area contributed by atoms with Gasteiger partial charge in [0.15, 0.2) is 0 Å². The molecule has 39 heavy (non-hydrogen) atoms. The SMILES string of the molecule is CCCCCCC(C)C1CC(=O)C(=O)C(C(C)C)NC(=O)C(Cc2ccccc2)NC(=O)C(C(C)CC)NO1. The maximum Gasteiger partial charge on any atom is 0.243 e. The average Bonchev–Trinajstić information content (AvgIpc) is 2.92. The molecule has 2 rings (SSSR count). The molecular weight excluding hydrogens is 494 g/mol. The highest BCUT2D eigenvalue weighted by Crippen LogP contribution is 2.21. The van der Waals surface area contributed by atoms with E-state index in [1.54, 1.807) is 13.8 Å². The first-order chi connectivity index (χ1) is 18.6. The molecule has 1 heterocycles. The first-order valence-corrected chi connectivity index (χ1v) is 14.7. The zero-order valence-electron chi connectivity index (χ0n) is 24.6. The Kier molecular flexibility index (Phi) is 13.8. The molecule has 0 spiro atoms. The lowest BCUT2D eigenvalue weighted by molar-refractivity contribution is -0.145. The Hall–Kier alpha value is -2.58. The third-order valence-electron chi connectivity index (χ3n) is 7.81. The summed E-state index contributed by atoms with van der Waals surface area (Å²) >= 11 is 0. The number of hydrogen-bond donors (Lipinski definition) is 3. The van der Waals surface area contributed by atoms with Crippen LogP contribution in [0.5, 0.6) is 0 Å². The molecule has 1 aliphatic heterocycles. The van der Waals surface area contributed by atoms with Crippen LogP contribution < -0.4 is 16.1 Å². The Morgan fingerprint density at radius 2 is 1.54 bits per heavy atom. The van der Waals surface area contributed by atoms with Crippen molar-refractivity contribution in [3.05, 3.63) is 35.9 Å². The molecule has 0 aliphatic carbocycles. The number of Topliss-reactive ketones (excluding diaryl/α,β-unsaturated/α-hetero) is 2. The predicted molar refractivity (Wildman–Crippen MR) is 153 cm³/mol. The van der Waals surface area contributed by atoms with Crippen molar-refractivity contribution < 1.29 is 24.0 Å². The molecule has 0 saturated carbocycles. The molecule has 0 radical (unpaired) electrons. The summed E-state index contributed by atoms with van der Waals surface area (Å²) in [5.41, 5.74) is 3.82. The minimum atomic E-state index is -0.986. The normalized spacial score (nSPS) is 25.2. The van der Waals surface area contributed by atoms with Crippen molar-refractivity contribution in [1.82, 2.24) is 16.1 Å². The lowest BCUT2D eigenvalue weighted by Gasteiger charge is -2.29. The van der Waals surface area contributed by atoms with E-state index in [1.807, 2.05) is 51.1 Å². The van der Waals surface area contributed by atoms with E-state index in [0.717, 1.165) is 37.7 Å². The van der Waals surface area contributed by atoms with Crippen LogP contribution in [-0.2, 0) is 30.4 Å². The highest BCUT2D eigenvalue weighted by Gasteiger charge is 2.37. The first-order valence-electron chi connectivity index (χ1n) is 14.7.